The summed E-state index contributed by atoms with van der Waals surface area (Å²) in [6.07, 6.45) is 1.41. The molecule has 28 heavy (non-hydrogen) atoms. The van der Waals surface area contributed by atoms with Crippen LogP contribution in [-0.2, 0) is 9.59 Å². The molecule has 0 fully saturated rings. The van der Waals surface area contributed by atoms with E-state index < -0.39 is 11.8 Å². The first-order valence-electron chi connectivity index (χ1n) is 8.42. The van der Waals surface area contributed by atoms with Gasteiger partial charge >= 0.3 is 11.8 Å². The van der Waals surface area contributed by atoms with Crippen molar-refractivity contribution in [3.63, 3.8) is 0 Å². The van der Waals surface area contributed by atoms with Gasteiger partial charge in [0, 0.05) is 11.1 Å². The number of para-hydroxylation sites is 1. The monoisotopic (exact) mass is 395 g/mol. The van der Waals surface area contributed by atoms with Crippen molar-refractivity contribution in [3.05, 3.63) is 60.2 Å². The molecule has 0 atom stereocenters. The van der Waals surface area contributed by atoms with Crippen LogP contribution in [0, 0.1) is 0 Å². The van der Waals surface area contributed by atoms with E-state index >= 15 is 0 Å². The van der Waals surface area contributed by atoms with E-state index in [-0.39, 0.29) is 5.13 Å². The first-order chi connectivity index (χ1) is 13.7. The van der Waals surface area contributed by atoms with Crippen molar-refractivity contribution >= 4 is 34.5 Å². The molecule has 0 saturated heterocycles. The van der Waals surface area contributed by atoms with Crippen molar-refractivity contribution in [2.45, 2.75) is 6.92 Å². The van der Waals surface area contributed by atoms with Gasteiger partial charge in [-0.2, -0.15) is 5.10 Å². The van der Waals surface area contributed by atoms with Gasteiger partial charge in [-0.05, 0) is 19.1 Å². The fourth-order valence-corrected chi connectivity index (χ4v) is 2.95. The second-order valence-electron chi connectivity index (χ2n) is 5.40. The van der Waals surface area contributed by atoms with Gasteiger partial charge in [-0.1, -0.05) is 53.8 Å². The summed E-state index contributed by atoms with van der Waals surface area (Å²) >= 11 is 1.17. The van der Waals surface area contributed by atoms with E-state index in [1.54, 1.807) is 12.1 Å². The Morgan fingerprint density at radius 2 is 1.82 bits per heavy atom. The van der Waals surface area contributed by atoms with Crippen LogP contribution in [0.4, 0.5) is 5.13 Å². The average Bonchev–Trinajstić information content (AvgIpc) is 3.18. The summed E-state index contributed by atoms with van der Waals surface area (Å²) in [5.41, 5.74) is 3.74. The Balaban J connectivity index is 1.57. The number of carbonyl (C=O) groups excluding carboxylic acids is 2. The Labute approximate surface area is 165 Å². The molecule has 0 spiro atoms. The number of benzene rings is 2. The lowest BCUT2D eigenvalue weighted by atomic mass is 10.2. The maximum atomic E-state index is 12.0. The summed E-state index contributed by atoms with van der Waals surface area (Å²) in [7, 11) is 0. The predicted molar refractivity (Wildman–Crippen MR) is 107 cm³/mol. The molecule has 1 heterocycles. The van der Waals surface area contributed by atoms with E-state index in [9.17, 15) is 9.59 Å². The molecule has 8 nitrogen and oxygen atoms in total. The Hall–Kier alpha value is -3.59. The average molecular weight is 395 g/mol. The van der Waals surface area contributed by atoms with Crippen molar-refractivity contribution in [2.24, 2.45) is 5.10 Å². The van der Waals surface area contributed by atoms with Gasteiger partial charge in [0.05, 0.1) is 12.8 Å². The fraction of sp³-hybridized carbons (Fsp3) is 0.105. The van der Waals surface area contributed by atoms with Gasteiger partial charge < -0.3 is 4.74 Å². The number of amides is 2. The first-order valence-corrected chi connectivity index (χ1v) is 9.24. The molecular weight excluding hydrogens is 378 g/mol. The molecule has 3 aromatic rings. The number of ether oxygens (including phenoxy) is 1. The van der Waals surface area contributed by atoms with E-state index in [2.05, 4.69) is 26.0 Å². The minimum Gasteiger partial charge on any atom is -0.493 e. The molecule has 0 aliphatic heterocycles. The zero-order valence-corrected chi connectivity index (χ0v) is 15.8. The standard InChI is InChI=1S/C19H17N5O3S/c1-2-27-15-11-7-6-10-14(15)12-20-22-17(26)16(25)21-19-24-23-18(28-19)13-8-4-3-5-9-13/h3-12H,2H2,1H3,(H,22,26)(H,21,24,25). The van der Waals surface area contributed by atoms with Gasteiger partial charge in [0.15, 0.2) is 0 Å². The van der Waals surface area contributed by atoms with E-state index in [4.69, 9.17) is 4.74 Å². The molecule has 2 N–H and O–H groups in total. The van der Waals surface area contributed by atoms with E-state index in [0.717, 1.165) is 5.56 Å². The smallest absolute Gasteiger partial charge is 0.329 e. The Bertz CT molecular complexity index is 988. The summed E-state index contributed by atoms with van der Waals surface area (Å²) in [5.74, 6) is -1.16. The molecule has 2 aromatic carbocycles. The summed E-state index contributed by atoms with van der Waals surface area (Å²) in [6, 6.07) is 16.6. The van der Waals surface area contributed by atoms with E-state index in [0.29, 0.717) is 22.9 Å². The highest BCUT2D eigenvalue weighted by molar-refractivity contribution is 7.18. The number of hydrogen-bond acceptors (Lipinski definition) is 7. The number of rotatable bonds is 6. The predicted octanol–water partition coefficient (Wildman–Crippen LogP) is 2.69. The van der Waals surface area contributed by atoms with Gasteiger partial charge in [-0.3, -0.25) is 14.9 Å². The highest BCUT2D eigenvalue weighted by atomic mass is 32.1. The SMILES string of the molecule is CCOc1ccccc1C=NNC(=O)C(=O)Nc1nnc(-c2ccccc2)s1. The van der Waals surface area contributed by atoms with Crippen LogP contribution in [0.2, 0.25) is 0 Å². The lowest BCUT2D eigenvalue weighted by Gasteiger charge is -2.05. The number of hydrogen-bond donors (Lipinski definition) is 2. The normalized spacial score (nSPS) is 10.6. The van der Waals surface area contributed by atoms with Crippen LogP contribution >= 0.6 is 11.3 Å². The van der Waals surface area contributed by atoms with Crippen LogP contribution in [0.3, 0.4) is 0 Å². The summed E-state index contributed by atoms with van der Waals surface area (Å²) in [5, 5.41) is 15.0. The molecule has 1 aromatic heterocycles. The van der Waals surface area contributed by atoms with Crippen molar-refractivity contribution < 1.29 is 14.3 Å². The van der Waals surface area contributed by atoms with Gasteiger partial charge in [0.25, 0.3) is 0 Å². The third-order valence-electron chi connectivity index (χ3n) is 3.46. The second-order valence-corrected chi connectivity index (χ2v) is 6.38. The molecule has 9 heteroatoms. The van der Waals surface area contributed by atoms with E-state index in [1.165, 1.54) is 17.6 Å². The Kier molecular flexibility index (Phi) is 6.42. The minimum absolute atomic E-state index is 0.227. The van der Waals surface area contributed by atoms with Crippen LogP contribution in [0.15, 0.2) is 59.7 Å². The van der Waals surface area contributed by atoms with Gasteiger partial charge in [0.2, 0.25) is 5.13 Å². The zero-order chi connectivity index (χ0) is 19.8. The molecule has 3 rings (SSSR count). The van der Waals surface area contributed by atoms with Crippen LogP contribution in [0.1, 0.15) is 12.5 Å². The number of nitrogens with one attached hydrogen (secondary N) is 2. The molecule has 142 valence electrons. The largest absolute Gasteiger partial charge is 0.493 e. The topological polar surface area (TPSA) is 106 Å². The lowest BCUT2D eigenvalue weighted by molar-refractivity contribution is -0.136. The van der Waals surface area contributed by atoms with Crippen LogP contribution in [0.5, 0.6) is 5.75 Å². The number of aromatic nitrogens is 2. The molecule has 0 bridgehead atoms. The van der Waals surface area contributed by atoms with Crippen molar-refractivity contribution in [3.8, 4) is 16.3 Å². The van der Waals surface area contributed by atoms with Gasteiger partial charge in [-0.15, -0.1) is 10.2 Å². The van der Waals surface area contributed by atoms with Crippen LogP contribution < -0.4 is 15.5 Å². The molecular formula is C19H17N5O3S. The van der Waals surface area contributed by atoms with Gasteiger partial charge in [-0.25, -0.2) is 5.43 Å². The maximum Gasteiger partial charge on any atom is 0.329 e. The third-order valence-corrected chi connectivity index (χ3v) is 4.35. The molecule has 0 radical (unpaired) electrons. The maximum absolute atomic E-state index is 12.0. The Morgan fingerprint density at radius 3 is 2.61 bits per heavy atom. The molecule has 2 amide bonds. The first kappa shape index (κ1) is 19.2. The molecule has 0 unspecified atom stereocenters. The highest BCUT2D eigenvalue weighted by Gasteiger charge is 2.16. The second kappa shape index (κ2) is 9.38. The van der Waals surface area contributed by atoms with E-state index in [1.807, 2.05) is 49.4 Å². The molecule has 0 saturated carbocycles. The zero-order valence-electron chi connectivity index (χ0n) is 15.0. The quantitative estimate of drug-likeness (QED) is 0.379. The number of nitrogens with zero attached hydrogens (tertiary/aromatic N) is 3. The number of anilines is 1. The molecule has 0 aliphatic carbocycles. The highest BCUT2D eigenvalue weighted by Crippen LogP contribution is 2.25. The molecule has 0 aliphatic rings. The number of hydrazone groups is 1. The van der Waals surface area contributed by atoms with Crippen molar-refractivity contribution in [1.29, 1.82) is 0 Å². The van der Waals surface area contributed by atoms with Crippen molar-refractivity contribution in [1.82, 2.24) is 15.6 Å². The summed E-state index contributed by atoms with van der Waals surface area (Å²) < 4.78 is 5.46. The lowest BCUT2D eigenvalue weighted by Crippen LogP contribution is -2.32. The number of carbonyl (C=O) groups is 2. The Morgan fingerprint density at radius 1 is 1.07 bits per heavy atom. The van der Waals surface area contributed by atoms with Crippen LogP contribution in [-0.4, -0.2) is 34.8 Å². The summed E-state index contributed by atoms with van der Waals surface area (Å²) in [4.78, 5) is 23.9. The van der Waals surface area contributed by atoms with Crippen LogP contribution in [0.25, 0.3) is 10.6 Å². The minimum atomic E-state index is -0.915. The third kappa shape index (κ3) is 4.98. The summed E-state index contributed by atoms with van der Waals surface area (Å²) in [6.45, 7) is 2.38. The van der Waals surface area contributed by atoms with Crippen molar-refractivity contribution in [2.75, 3.05) is 11.9 Å². The fourth-order valence-electron chi connectivity index (χ4n) is 2.21. The van der Waals surface area contributed by atoms with Gasteiger partial charge in [0.1, 0.15) is 10.8 Å².